The van der Waals surface area contributed by atoms with Crippen LogP contribution in [0.25, 0.3) is 10.9 Å². The largest absolute Gasteiger partial charge is 0.480 e. The Bertz CT molecular complexity index is 1470. The summed E-state index contributed by atoms with van der Waals surface area (Å²) in [5.74, 6) is -3.07. The molecule has 2 aromatic heterocycles. The van der Waals surface area contributed by atoms with Crippen molar-refractivity contribution in [3.05, 3.63) is 39.8 Å². The fourth-order valence-electron chi connectivity index (χ4n) is 5.08. The van der Waals surface area contributed by atoms with Crippen LogP contribution in [0.15, 0.2) is 29.2 Å². The van der Waals surface area contributed by atoms with E-state index in [4.69, 9.17) is 16.3 Å². The zero-order chi connectivity index (χ0) is 26.8. The zero-order valence-corrected chi connectivity index (χ0v) is 21.1. The number of aryl methyl sites for hydroxylation is 1. The molecule has 3 aromatic rings. The van der Waals surface area contributed by atoms with Crippen LogP contribution in [0.1, 0.15) is 19.3 Å². The van der Waals surface area contributed by atoms with Crippen molar-refractivity contribution in [1.82, 2.24) is 14.5 Å². The molecule has 1 aromatic carbocycles. The van der Waals surface area contributed by atoms with Crippen LogP contribution >= 0.6 is 11.6 Å². The van der Waals surface area contributed by atoms with Crippen molar-refractivity contribution < 1.29 is 22.3 Å². The summed E-state index contributed by atoms with van der Waals surface area (Å²) < 4.78 is 64.0. The van der Waals surface area contributed by atoms with E-state index in [2.05, 4.69) is 20.6 Å². The molecule has 0 radical (unpaired) electrons. The number of aromatic nitrogens is 3. The molecule has 2 N–H and O–H groups in total. The molecule has 2 fully saturated rings. The van der Waals surface area contributed by atoms with Gasteiger partial charge in [-0.3, -0.25) is 4.79 Å². The number of piperidine rings is 1. The van der Waals surface area contributed by atoms with Gasteiger partial charge in [-0.15, -0.1) is 0 Å². The Hall–Kier alpha value is -3.28. The van der Waals surface area contributed by atoms with E-state index in [-0.39, 0.29) is 53.7 Å². The van der Waals surface area contributed by atoms with Crippen LogP contribution in [-0.4, -0.2) is 58.5 Å². The number of hydrogen-bond donors (Lipinski definition) is 2. The fraction of sp³-hybridized carbons (Fsp3) is 0.480. The van der Waals surface area contributed by atoms with E-state index in [0.29, 0.717) is 29.4 Å². The monoisotopic (exact) mass is 552 g/mol. The van der Waals surface area contributed by atoms with Crippen molar-refractivity contribution in [2.45, 2.75) is 43.6 Å². The second kappa shape index (κ2) is 9.18. The van der Waals surface area contributed by atoms with Gasteiger partial charge in [0.25, 0.3) is 5.56 Å². The molecule has 3 atom stereocenters. The Labute approximate surface area is 220 Å². The average molecular weight is 553 g/mol. The van der Waals surface area contributed by atoms with Crippen molar-refractivity contribution in [2.24, 2.45) is 13.0 Å². The van der Waals surface area contributed by atoms with Crippen molar-refractivity contribution in [3.63, 3.8) is 0 Å². The van der Waals surface area contributed by atoms with E-state index in [1.807, 2.05) is 0 Å². The third-order valence-electron chi connectivity index (χ3n) is 7.35. The molecule has 2 aliphatic heterocycles. The number of fused-ring (bicyclic) bond motifs is 3. The van der Waals surface area contributed by atoms with Crippen LogP contribution in [0.3, 0.4) is 0 Å². The Balaban J connectivity index is 1.37. The van der Waals surface area contributed by atoms with Gasteiger partial charge in [-0.1, -0.05) is 11.6 Å². The molecule has 0 unspecified atom stereocenters. The van der Waals surface area contributed by atoms with Gasteiger partial charge >= 0.3 is 5.92 Å². The van der Waals surface area contributed by atoms with Crippen LogP contribution in [-0.2, 0) is 7.05 Å². The number of ether oxygens (including phenoxy) is 1. The molecule has 1 aliphatic carbocycles. The Kier molecular flexibility index (Phi) is 6.04. The van der Waals surface area contributed by atoms with E-state index in [1.54, 1.807) is 30.1 Å². The van der Waals surface area contributed by atoms with Gasteiger partial charge in [-0.25, -0.2) is 22.5 Å². The summed E-state index contributed by atoms with van der Waals surface area (Å²) in [4.78, 5) is 23.1. The van der Waals surface area contributed by atoms with E-state index in [9.17, 15) is 22.4 Å². The molecule has 13 heteroatoms. The third kappa shape index (κ3) is 4.38. The second-order valence-corrected chi connectivity index (χ2v) is 10.5. The highest BCUT2D eigenvalue weighted by Crippen LogP contribution is 2.45. The molecule has 4 heterocycles. The first-order valence-electron chi connectivity index (χ1n) is 12.4. The molecule has 38 heavy (non-hydrogen) atoms. The fourth-order valence-corrected chi connectivity index (χ4v) is 5.22. The summed E-state index contributed by atoms with van der Waals surface area (Å²) in [6.45, 7) is -0.792. The molecule has 6 rings (SSSR count). The molecule has 1 saturated heterocycles. The van der Waals surface area contributed by atoms with Crippen molar-refractivity contribution in [2.75, 3.05) is 35.2 Å². The van der Waals surface area contributed by atoms with Gasteiger partial charge in [-0.05, 0) is 43.4 Å². The number of halogens is 5. The van der Waals surface area contributed by atoms with E-state index in [0.717, 1.165) is 0 Å². The second-order valence-electron chi connectivity index (χ2n) is 10.1. The number of hydrogen-bond acceptors (Lipinski definition) is 7. The van der Waals surface area contributed by atoms with Gasteiger partial charge in [0.05, 0.1) is 30.0 Å². The maximum atomic E-state index is 14.9. The minimum absolute atomic E-state index is 0.0282. The van der Waals surface area contributed by atoms with E-state index >= 15 is 0 Å². The van der Waals surface area contributed by atoms with Crippen LogP contribution in [0.4, 0.5) is 40.7 Å². The van der Waals surface area contributed by atoms with Crippen molar-refractivity contribution in [1.29, 1.82) is 0 Å². The van der Waals surface area contributed by atoms with Gasteiger partial charge in [0.15, 0.2) is 12.4 Å². The maximum absolute atomic E-state index is 14.9. The molecule has 0 spiro atoms. The summed E-state index contributed by atoms with van der Waals surface area (Å²) in [6, 6.07) is 3.93. The minimum Gasteiger partial charge on any atom is -0.480 e. The summed E-state index contributed by atoms with van der Waals surface area (Å²) in [5, 5.41) is 6.75. The lowest BCUT2D eigenvalue weighted by molar-refractivity contribution is -0.0579. The maximum Gasteiger partial charge on any atom is 0.301 e. The highest BCUT2D eigenvalue weighted by Gasteiger charge is 2.51. The molecule has 202 valence electrons. The molecule has 0 amide bonds. The lowest BCUT2D eigenvalue weighted by Gasteiger charge is -2.31. The lowest BCUT2D eigenvalue weighted by atomic mass is 10.0. The van der Waals surface area contributed by atoms with Gasteiger partial charge in [0.2, 0.25) is 11.7 Å². The van der Waals surface area contributed by atoms with Crippen LogP contribution in [0.5, 0.6) is 5.75 Å². The molecule has 1 saturated carbocycles. The normalized spacial score (nSPS) is 24.8. The van der Waals surface area contributed by atoms with E-state index < -0.39 is 36.5 Å². The van der Waals surface area contributed by atoms with Crippen LogP contribution in [0, 0.1) is 5.92 Å². The van der Waals surface area contributed by atoms with Gasteiger partial charge in [0.1, 0.15) is 17.4 Å². The third-order valence-corrected chi connectivity index (χ3v) is 7.63. The SMILES string of the molecule is Cn1c(=O)c2c(c3cc(Nc4nc(N5CC[C@@H](F)[C@@H](F)C5)ncc4Cl)ccc31)N[C@@H](C1CC1)C(F)(F)CO2. The number of nitrogens with zero attached hydrogens (tertiary/aromatic N) is 4. The first-order chi connectivity index (χ1) is 18.1. The summed E-state index contributed by atoms with van der Waals surface area (Å²) >= 11 is 6.33. The molecule has 0 bridgehead atoms. The number of pyridine rings is 1. The summed E-state index contributed by atoms with van der Waals surface area (Å²) in [6.07, 6.45) is -0.395. The molecular weight excluding hydrogens is 528 g/mol. The Morgan fingerprint density at radius 3 is 2.74 bits per heavy atom. The van der Waals surface area contributed by atoms with Gasteiger partial charge in [0, 0.05) is 24.7 Å². The Morgan fingerprint density at radius 1 is 1.21 bits per heavy atom. The minimum atomic E-state index is -3.15. The zero-order valence-electron chi connectivity index (χ0n) is 20.4. The number of anilines is 4. The highest BCUT2D eigenvalue weighted by atomic mass is 35.5. The summed E-state index contributed by atoms with van der Waals surface area (Å²) in [7, 11) is 1.55. The van der Waals surface area contributed by atoms with Gasteiger partial charge < -0.3 is 24.8 Å². The smallest absolute Gasteiger partial charge is 0.301 e. The lowest BCUT2D eigenvalue weighted by Crippen LogP contribution is -2.44. The average Bonchev–Trinajstić information content (AvgIpc) is 3.73. The van der Waals surface area contributed by atoms with Crippen molar-refractivity contribution in [3.8, 4) is 5.75 Å². The molecule has 3 aliphatic rings. The van der Waals surface area contributed by atoms with Gasteiger partial charge in [-0.2, -0.15) is 4.98 Å². The first kappa shape index (κ1) is 25.0. The molecule has 8 nitrogen and oxygen atoms in total. The first-order valence-corrected chi connectivity index (χ1v) is 12.8. The predicted molar refractivity (Wildman–Crippen MR) is 137 cm³/mol. The number of alkyl halides is 4. The number of rotatable bonds is 4. The Morgan fingerprint density at radius 2 is 2.00 bits per heavy atom. The van der Waals surface area contributed by atoms with Crippen molar-refractivity contribution >= 4 is 45.6 Å². The number of benzene rings is 1. The highest BCUT2D eigenvalue weighted by molar-refractivity contribution is 6.32. The topological polar surface area (TPSA) is 84.3 Å². The summed E-state index contributed by atoms with van der Waals surface area (Å²) in [5.41, 5.74) is 0.738. The van der Waals surface area contributed by atoms with Crippen LogP contribution in [0.2, 0.25) is 5.02 Å². The predicted octanol–water partition coefficient (Wildman–Crippen LogP) is 4.83. The standard InChI is InChI=1S/C25H25ClF4N6O2/c1-35-18-5-4-13(32-22-15(26)9-31-24(34-22)36-7-6-16(27)17(28)10-36)8-14(18)19-20(23(35)37)38-11-25(29,30)21(33-19)12-2-3-12/h4-5,8-9,12,16-17,21,33H,2-3,6-7,10-11H2,1H3,(H,31,32,34)/t16-,17+,21+/m1/s1. The number of nitrogens with one attached hydrogen (secondary N) is 2. The van der Waals surface area contributed by atoms with Crippen LogP contribution < -0.4 is 25.8 Å². The molecular formula is C25H25ClF4N6O2. The van der Waals surface area contributed by atoms with E-state index in [1.165, 1.54) is 10.8 Å². The quantitative estimate of drug-likeness (QED) is 0.449.